The Morgan fingerprint density at radius 2 is 1.71 bits per heavy atom. The minimum absolute atomic E-state index is 0.0763. The number of carbonyl (C=O) groups is 1. The van der Waals surface area contributed by atoms with E-state index in [0.717, 1.165) is 23.4 Å². The van der Waals surface area contributed by atoms with Gasteiger partial charge in [0, 0.05) is 10.9 Å². The van der Waals surface area contributed by atoms with Crippen molar-refractivity contribution in [1.29, 1.82) is 0 Å². The van der Waals surface area contributed by atoms with Crippen LogP contribution in [0.4, 0.5) is 5.13 Å². The lowest BCUT2D eigenvalue weighted by atomic mass is 9.87. The predicted octanol–water partition coefficient (Wildman–Crippen LogP) is 6.30. The average Bonchev–Trinajstić information content (AvgIpc) is 3.20. The second-order valence-corrected chi connectivity index (χ2v) is 9.29. The molecule has 5 nitrogen and oxygen atoms in total. The van der Waals surface area contributed by atoms with Crippen LogP contribution in [-0.2, 0) is 10.2 Å². The lowest BCUT2D eigenvalue weighted by Crippen LogP contribution is -2.30. The Kier molecular flexibility index (Phi) is 7.33. The van der Waals surface area contributed by atoms with E-state index in [4.69, 9.17) is 9.47 Å². The quantitative estimate of drug-likeness (QED) is 0.448. The van der Waals surface area contributed by atoms with Crippen LogP contribution in [0, 0.1) is 0 Å². The van der Waals surface area contributed by atoms with Gasteiger partial charge in [-0.25, -0.2) is 4.98 Å². The van der Waals surface area contributed by atoms with Crippen LogP contribution >= 0.6 is 11.3 Å². The number of rotatable bonds is 8. The molecule has 0 saturated carbocycles. The number of hydrogen-bond donors (Lipinski definition) is 1. The molecule has 3 rings (SSSR count). The van der Waals surface area contributed by atoms with Gasteiger partial charge in [0.05, 0.1) is 12.3 Å². The Morgan fingerprint density at radius 1 is 1.06 bits per heavy atom. The Bertz CT molecular complexity index is 989. The van der Waals surface area contributed by atoms with E-state index in [1.165, 1.54) is 16.9 Å². The monoisotopic (exact) mass is 438 g/mol. The lowest BCUT2D eigenvalue weighted by molar-refractivity contribution is -0.122. The number of amides is 1. The van der Waals surface area contributed by atoms with E-state index in [1.807, 2.05) is 53.9 Å². The van der Waals surface area contributed by atoms with Crippen LogP contribution in [0.15, 0.2) is 53.9 Å². The molecule has 1 aromatic heterocycles. The maximum atomic E-state index is 12.5. The topological polar surface area (TPSA) is 60.5 Å². The van der Waals surface area contributed by atoms with Gasteiger partial charge in [-0.05, 0) is 60.7 Å². The minimum atomic E-state index is -0.636. The molecule has 1 amide bonds. The minimum Gasteiger partial charge on any atom is -0.494 e. The molecule has 6 heteroatoms. The third-order valence-electron chi connectivity index (χ3n) is 4.76. The van der Waals surface area contributed by atoms with Gasteiger partial charge in [0.15, 0.2) is 11.2 Å². The number of hydrogen-bond acceptors (Lipinski definition) is 5. The Hall–Kier alpha value is -2.86. The molecule has 0 saturated heterocycles. The number of aromatic nitrogens is 1. The van der Waals surface area contributed by atoms with Crippen molar-refractivity contribution in [3.63, 3.8) is 0 Å². The summed E-state index contributed by atoms with van der Waals surface area (Å²) in [5, 5.41) is 5.32. The van der Waals surface area contributed by atoms with Crippen molar-refractivity contribution in [3.8, 4) is 22.8 Å². The molecular weight excluding hydrogens is 408 g/mol. The molecular formula is C25H30N2O3S. The number of anilines is 1. The van der Waals surface area contributed by atoms with Gasteiger partial charge in [-0.2, -0.15) is 0 Å². The van der Waals surface area contributed by atoms with Crippen molar-refractivity contribution in [2.45, 2.75) is 52.6 Å². The molecule has 0 spiro atoms. The summed E-state index contributed by atoms with van der Waals surface area (Å²) in [4.78, 5) is 17.1. The van der Waals surface area contributed by atoms with Crippen molar-refractivity contribution < 1.29 is 14.3 Å². The zero-order valence-electron chi connectivity index (χ0n) is 18.8. The molecule has 0 aliphatic heterocycles. The number of ether oxygens (including phenoxy) is 2. The summed E-state index contributed by atoms with van der Waals surface area (Å²) in [7, 11) is 0. The van der Waals surface area contributed by atoms with E-state index >= 15 is 0 Å². The second-order valence-electron chi connectivity index (χ2n) is 8.43. The van der Waals surface area contributed by atoms with Gasteiger partial charge in [0.25, 0.3) is 5.91 Å². The molecule has 1 atom stereocenters. The van der Waals surface area contributed by atoms with E-state index in [-0.39, 0.29) is 11.3 Å². The Labute approximate surface area is 188 Å². The molecule has 1 unspecified atom stereocenters. The van der Waals surface area contributed by atoms with Crippen molar-refractivity contribution in [2.24, 2.45) is 0 Å². The third kappa shape index (κ3) is 6.31. The number of benzene rings is 2. The fourth-order valence-electron chi connectivity index (χ4n) is 2.90. The highest BCUT2D eigenvalue weighted by atomic mass is 32.1. The highest BCUT2D eigenvalue weighted by Gasteiger charge is 2.18. The van der Waals surface area contributed by atoms with E-state index in [9.17, 15) is 4.79 Å². The van der Waals surface area contributed by atoms with Crippen LogP contribution in [0.2, 0.25) is 0 Å². The SMILES string of the molecule is CCCOc1ccc(-c2csc(NC(=O)C(C)Oc3ccc(C(C)(C)C)cc3)n2)cc1. The van der Waals surface area contributed by atoms with Crippen molar-refractivity contribution in [1.82, 2.24) is 4.98 Å². The summed E-state index contributed by atoms with van der Waals surface area (Å²) < 4.78 is 11.4. The van der Waals surface area contributed by atoms with Crippen LogP contribution in [0.3, 0.4) is 0 Å². The van der Waals surface area contributed by atoms with Crippen LogP contribution in [0.1, 0.15) is 46.6 Å². The fourth-order valence-corrected chi connectivity index (χ4v) is 3.63. The standard InChI is InChI=1S/C25H30N2O3S/c1-6-15-29-20-11-7-18(8-12-20)22-16-31-24(26-22)27-23(28)17(2)30-21-13-9-19(10-14-21)25(3,4)5/h7-14,16-17H,6,15H2,1-5H3,(H,26,27,28). The fraction of sp³-hybridized carbons (Fsp3) is 0.360. The van der Waals surface area contributed by atoms with Gasteiger partial charge >= 0.3 is 0 Å². The first-order chi connectivity index (χ1) is 14.8. The summed E-state index contributed by atoms with van der Waals surface area (Å²) in [6.07, 6.45) is 0.337. The number of carbonyl (C=O) groups excluding carboxylic acids is 1. The van der Waals surface area contributed by atoms with Gasteiger partial charge in [-0.1, -0.05) is 39.8 Å². The predicted molar refractivity (Wildman–Crippen MR) is 127 cm³/mol. The molecule has 0 bridgehead atoms. The molecule has 0 aliphatic carbocycles. The van der Waals surface area contributed by atoms with Gasteiger partial charge in [0.2, 0.25) is 0 Å². The first-order valence-corrected chi connectivity index (χ1v) is 11.4. The van der Waals surface area contributed by atoms with Gasteiger partial charge < -0.3 is 9.47 Å². The Balaban J connectivity index is 1.57. The van der Waals surface area contributed by atoms with Gasteiger partial charge in [-0.15, -0.1) is 11.3 Å². The number of nitrogens with one attached hydrogen (secondary N) is 1. The molecule has 164 valence electrons. The molecule has 0 aliphatic rings. The van der Waals surface area contributed by atoms with Crippen LogP contribution in [0.25, 0.3) is 11.3 Å². The van der Waals surface area contributed by atoms with Gasteiger partial charge in [-0.3, -0.25) is 10.1 Å². The molecule has 2 aromatic carbocycles. The molecule has 1 N–H and O–H groups in total. The van der Waals surface area contributed by atoms with E-state index < -0.39 is 6.10 Å². The smallest absolute Gasteiger partial charge is 0.266 e. The average molecular weight is 439 g/mol. The van der Waals surface area contributed by atoms with Crippen molar-refractivity contribution in [3.05, 3.63) is 59.5 Å². The third-order valence-corrected chi connectivity index (χ3v) is 5.52. The van der Waals surface area contributed by atoms with E-state index in [0.29, 0.717) is 17.5 Å². The summed E-state index contributed by atoms with van der Waals surface area (Å²) in [6.45, 7) is 11.0. The summed E-state index contributed by atoms with van der Waals surface area (Å²) >= 11 is 1.39. The van der Waals surface area contributed by atoms with Crippen LogP contribution < -0.4 is 14.8 Å². The Morgan fingerprint density at radius 3 is 2.32 bits per heavy atom. The van der Waals surface area contributed by atoms with Crippen molar-refractivity contribution in [2.75, 3.05) is 11.9 Å². The first kappa shape index (κ1) is 22.8. The summed E-state index contributed by atoms with van der Waals surface area (Å²) in [6, 6.07) is 15.7. The van der Waals surface area contributed by atoms with Gasteiger partial charge in [0.1, 0.15) is 11.5 Å². The van der Waals surface area contributed by atoms with E-state index in [1.54, 1.807) is 6.92 Å². The second kappa shape index (κ2) is 9.96. The zero-order valence-corrected chi connectivity index (χ0v) is 19.6. The molecule has 0 radical (unpaired) electrons. The maximum absolute atomic E-state index is 12.5. The molecule has 31 heavy (non-hydrogen) atoms. The van der Waals surface area contributed by atoms with Crippen LogP contribution in [0.5, 0.6) is 11.5 Å². The molecule has 1 heterocycles. The van der Waals surface area contributed by atoms with Crippen molar-refractivity contribution >= 4 is 22.4 Å². The summed E-state index contributed by atoms with van der Waals surface area (Å²) in [5.41, 5.74) is 3.09. The number of nitrogens with zero attached hydrogens (tertiary/aromatic N) is 1. The molecule has 0 fully saturated rings. The highest BCUT2D eigenvalue weighted by Crippen LogP contribution is 2.27. The highest BCUT2D eigenvalue weighted by molar-refractivity contribution is 7.14. The normalized spacial score (nSPS) is 12.3. The van der Waals surface area contributed by atoms with E-state index in [2.05, 4.69) is 38.0 Å². The first-order valence-electron chi connectivity index (χ1n) is 10.5. The lowest BCUT2D eigenvalue weighted by Gasteiger charge is -2.20. The maximum Gasteiger partial charge on any atom is 0.266 e. The summed E-state index contributed by atoms with van der Waals surface area (Å²) in [5.74, 6) is 1.28. The largest absolute Gasteiger partial charge is 0.494 e. The number of thiazole rings is 1. The molecule has 3 aromatic rings. The zero-order chi connectivity index (χ0) is 22.4. The van der Waals surface area contributed by atoms with Crippen LogP contribution in [-0.4, -0.2) is 23.6 Å².